The summed E-state index contributed by atoms with van der Waals surface area (Å²) >= 11 is 0. The molecule has 5 nitrogen and oxygen atoms in total. The average molecular weight is 788 g/mol. The van der Waals surface area contributed by atoms with Crippen molar-refractivity contribution in [3.63, 3.8) is 0 Å². The summed E-state index contributed by atoms with van der Waals surface area (Å²) in [5.41, 5.74) is 23.5. The van der Waals surface area contributed by atoms with Crippen LogP contribution in [0.3, 0.4) is 0 Å². The van der Waals surface area contributed by atoms with Crippen LogP contribution in [0.15, 0.2) is 164 Å². The molecule has 0 radical (unpaired) electrons. The minimum Gasteiger partial charge on any atom is -0.311 e. The van der Waals surface area contributed by atoms with Gasteiger partial charge < -0.3 is 9.80 Å². The maximum Gasteiger partial charge on any atom is 0.252 e. The zero-order chi connectivity index (χ0) is 41.5. The highest BCUT2D eigenvalue weighted by molar-refractivity contribution is 7.00. The summed E-state index contributed by atoms with van der Waals surface area (Å²) in [6, 6.07) is 57.8. The van der Waals surface area contributed by atoms with Gasteiger partial charge in [-0.1, -0.05) is 105 Å². The first kappa shape index (κ1) is 36.9. The highest BCUT2D eigenvalue weighted by Gasteiger charge is 2.44. The van der Waals surface area contributed by atoms with E-state index in [-0.39, 0.29) is 6.71 Å². The van der Waals surface area contributed by atoms with Gasteiger partial charge in [0, 0.05) is 40.2 Å². The van der Waals surface area contributed by atoms with E-state index >= 15 is 0 Å². The topological polar surface area (TPSA) is 37.2 Å². The summed E-state index contributed by atoms with van der Waals surface area (Å²) in [5, 5.41) is 0. The maximum atomic E-state index is 5.36. The summed E-state index contributed by atoms with van der Waals surface area (Å²) in [5.74, 6) is 1.32. The molecule has 0 fully saturated rings. The van der Waals surface area contributed by atoms with Gasteiger partial charge in [0.2, 0.25) is 0 Å². The van der Waals surface area contributed by atoms with Crippen LogP contribution in [0.25, 0.3) is 39.4 Å². The van der Waals surface area contributed by atoms with Gasteiger partial charge in [-0.25, -0.2) is 4.98 Å². The second kappa shape index (κ2) is 14.2. The summed E-state index contributed by atoms with van der Waals surface area (Å²) in [6.45, 7) is 13.4. The number of imidazole rings is 1. The standard InChI is InChI=1S/C55H46BN5/c1-34(2)39-29-30-57-46(33-39)40-25-27-47-43(31-40)56-44-32-41(55-58-45-21-10-11-22-49(45)59(55)42-19-8-7-9-20-42)26-28-48(44)61(54-37(5)17-13-18-38(54)6)51-24-14-23-50(52(51)56)60(47)53-35(3)15-12-16-36(53)4/h7-34H,1-6H3. The summed E-state index contributed by atoms with van der Waals surface area (Å²) in [6.07, 6.45) is 1.96. The Balaban J connectivity index is 1.24. The molecule has 9 aromatic rings. The van der Waals surface area contributed by atoms with Crippen LogP contribution in [-0.2, 0) is 0 Å². The van der Waals surface area contributed by atoms with Crippen molar-refractivity contribution in [3.8, 4) is 28.3 Å². The van der Waals surface area contributed by atoms with Gasteiger partial charge >= 0.3 is 0 Å². The number of para-hydroxylation sites is 5. The van der Waals surface area contributed by atoms with Crippen LogP contribution >= 0.6 is 0 Å². The monoisotopic (exact) mass is 787 g/mol. The Labute approximate surface area is 358 Å². The van der Waals surface area contributed by atoms with E-state index in [1.54, 1.807) is 0 Å². The molecule has 0 saturated heterocycles. The normalized spacial score (nSPS) is 12.8. The zero-order valence-electron chi connectivity index (χ0n) is 35.5. The van der Waals surface area contributed by atoms with Gasteiger partial charge in [0.15, 0.2) is 0 Å². The number of anilines is 6. The number of benzene rings is 7. The molecule has 0 unspecified atom stereocenters. The molecule has 2 aromatic heterocycles. The van der Waals surface area contributed by atoms with E-state index < -0.39 is 0 Å². The van der Waals surface area contributed by atoms with E-state index in [9.17, 15) is 0 Å². The van der Waals surface area contributed by atoms with Crippen molar-refractivity contribution in [1.29, 1.82) is 0 Å². The van der Waals surface area contributed by atoms with E-state index in [2.05, 4.69) is 214 Å². The molecular formula is C55H46BN5. The smallest absolute Gasteiger partial charge is 0.252 e. The third-order valence-electron chi connectivity index (χ3n) is 12.9. The highest BCUT2D eigenvalue weighted by Crippen LogP contribution is 2.47. The Bertz CT molecular complexity index is 3150. The third-order valence-corrected chi connectivity index (χ3v) is 12.9. The molecular weight excluding hydrogens is 741 g/mol. The van der Waals surface area contributed by atoms with E-state index in [0.29, 0.717) is 5.92 Å². The molecule has 7 aromatic carbocycles. The molecule has 2 aliphatic heterocycles. The van der Waals surface area contributed by atoms with Crippen molar-refractivity contribution in [2.75, 3.05) is 9.80 Å². The fourth-order valence-corrected chi connectivity index (χ4v) is 10.1. The number of aryl methyl sites for hydroxylation is 4. The molecule has 0 atom stereocenters. The van der Waals surface area contributed by atoms with E-state index in [4.69, 9.17) is 9.97 Å². The first-order valence-corrected chi connectivity index (χ1v) is 21.4. The SMILES string of the molecule is Cc1cccc(C)c1N1c2ccc(-c3cc(C(C)C)ccn3)cc2B2c3cc(-c4nc5ccccc5n4-c4ccccc4)ccc3N(c3c(C)cccc3C)c3cccc1c32. The minimum atomic E-state index is -0.0833. The lowest BCUT2D eigenvalue weighted by Gasteiger charge is -2.45. The van der Waals surface area contributed by atoms with Crippen molar-refractivity contribution >= 4 is 68.3 Å². The molecule has 0 amide bonds. The van der Waals surface area contributed by atoms with Gasteiger partial charge in [0.25, 0.3) is 6.71 Å². The molecule has 0 spiro atoms. The van der Waals surface area contributed by atoms with Crippen molar-refractivity contribution in [1.82, 2.24) is 14.5 Å². The van der Waals surface area contributed by atoms with Gasteiger partial charge in [-0.3, -0.25) is 9.55 Å². The molecule has 0 aliphatic carbocycles. The number of nitrogens with zero attached hydrogens (tertiary/aromatic N) is 5. The van der Waals surface area contributed by atoms with Crippen molar-refractivity contribution in [2.45, 2.75) is 47.5 Å². The van der Waals surface area contributed by atoms with Gasteiger partial charge in [0.1, 0.15) is 5.82 Å². The van der Waals surface area contributed by atoms with Gasteiger partial charge in [0.05, 0.1) is 28.1 Å². The van der Waals surface area contributed by atoms with E-state index in [1.807, 2.05) is 6.20 Å². The third kappa shape index (κ3) is 5.77. The predicted molar refractivity (Wildman–Crippen MR) is 257 cm³/mol. The molecule has 0 saturated carbocycles. The van der Waals surface area contributed by atoms with Crippen molar-refractivity contribution < 1.29 is 0 Å². The average Bonchev–Trinajstić information content (AvgIpc) is 3.67. The van der Waals surface area contributed by atoms with Crippen LogP contribution in [-0.4, -0.2) is 21.2 Å². The summed E-state index contributed by atoms with van der Waals surface area (Å²) < 4.78 is 2.31. The van der Waals surface area contributed by atoms with Crippen LogP contribution in [0.4, 0.5) is 34.1 Å². The molecule has 2 aliphatic rings. The van der Waals surface area contributed by atoms with Crippen LogP contribution in [0.5, 0.6) is 0 Å². The molecule has 11 rings (SSSR count). The fourth-order valence-electron chi connectivity index (χ4n) is 10.1. The van der Waals surface area contributed by atoms with E-state index in [0.717, 1.165) is 39.4 Å². The maximum absolute atomic E-state index is 5.36. The summed E-state index contributed by atoms with van der Waals surface area (Å²) in [7, 11) is 0. The molecule has 0 N–H and O–H groups in total. The quantitative estimate of drug-likeness (QED) is 0.157. The Morgan fingerprint density at radius 1 is 0.508 bits per heavy atom. The van der Waals surface area contributed by atoms with Gasteiger partial charge in [-0.2, -0.15) is 0 Å². The minimum absolute atomic E-state index is 0.0833. The number of hydrogen-bond acceptors (Lipinski definition) is 4. The first-order chi connectivity index (χ1) is 29.8. The number of fused-ring (bicyclic) bond motifs is 5. The first-order valence-electron chi connectivity index (χ1n) is 21.4. The van der Waals surface area contributed by atoms with Crippen molar-refractivity contribution in [3.05, 3.63) is 192 Å². The second-order valence-corrected chi connectivity index (χ2v) is 17.1. The van der Waals surface area contributed by atoms with Gasteiger partial charge in [-0.15, -0.1) is 0 Å². The Hall–Kier alpha value is -7.18. The van der Waals surface area contributed by atoms with Gasteiger partial charge in [-0.05, 0) is 150 Å². The van der Waals surface area contributed by atoms with Crippen molar-refractivity contribution in [2.24, 2.45) is 0 Å². The molecule has 6 heteroatoms. The molecule has 294 valence electrons. The molecule has 61 heavy (non-hydrogen) atoms. The van der Waals surface area contributed by atoms with Crippen LogP contribution in [0.1, 0.15) is 47.6 Å². The Kier molecular flexibility index (Phi) is 8.61. The Morgan fingerprint density at radius 3 is 1.69 bits per heavy atom. The molecule has 4 heterocycles. The summed E-state index contributed by atoms with van der Waals surface area (Å²) in [4.78, 5) is 15.4. The fraction of sp³-hybridized carbons (Fsp3) is 0.127. The number of hydrogen-bond donors (Lipinski definition) is 0. The lowest BCUT2D eigenvalue weighted by Crippen LogP contribution is -2.61. The number of rotatable bonds is 6. The molecule has 0 bridgehead atoms. The largest absolute Gasteiger partial charge is 0.311 e. The van der Waals surface area contributed by atoms with E-state index in [1.165, 1.54) is 78.3 Å². The highest BCUT2D eigenvalue weighted by atomic mass is 15.2. The predicted octanol–water partition coefficient (Wildman–Crippen LogP) is 12.2. The number of pyridine rings is 1. The Morgan fingerprint density at radius 2 is 1.07 bits per heavy atom. The van der Waals surface area contributed by atoms with Crippen LogP contribution < -0.4 is 26.2 Å². The zero-order valence-corrected chi connectivity index (χ0v) is 35.5. The van der Waals surface area contributed by atoms with Crippen LogP contribution in [0.2, 0.25) is 0 Å². The number of aromatic nitrogens is 3. The second-order valence-electron chi connectivity index (χ2n) is 17.1. The van der Waals surface area contributed by atoms with Crippen LogP contribution in [0, 0.1) is 27.7 Å². The lowest BCUT2D eigenvalue weighted by molar-refractivity contribution is 0.864. The lowest BCUT2D eigenvalue weighted by atomic mass is 9.33.